The molecule has 1 aliphatic carbocycles. The van der Waals surface area contributed by atoms with E-state index in [4.69, 9.17) is 4.74 Å². The van der Waals surface area contributed by atoms with E-state index in [2.05, 4.69) is 5.32 Å². The van der Waals surface area contributed by atoms with Crippen LogP contribution in [0.3, 0.4) is 0 Å². The van der Waals surface area contributed by atoms with Crippen molar-refractivity contribution < 1.29 is 23.8 Å². The summed E-state index contributed by atoms with van der Waals surface area (Å²) < 4.78 is 18.5. The highest BCUT2D eigenvalue weighted by molar-refractivity contribution is 5.96. The molecule has 2 rings (SSSR count). The summed E-state index contributed by atoms with van der Waals surface area (Å²) >= 11 is 0. The van der Waals surface area contributed by atoms with Crippen molar-refractivity contribution >= 4 is 17.6 Å². The molecule has 0 bridgehead atoms. The Morgan fingerprint density at radius 2 is 2.00 bits per heavy atom. The molecule has 0 fully saturated rings. The van der Waals surface area contributed by atoms with Gasteiger partial charge >= 0.3 is 5.97 Å². The zero-order valence-electron chi connectivity index (χ0n) is 12.2. The van der Waals surface area contributed by atoms with Crippen LogP contribution < -0.4 is 10.1 Å². The molecule has 1 aliphatic rings. The summed E-state index contributed by atoms with van der Waals surface area (Å²) in [6.07, 6.45) is 4.27. The minimum Gasteiger partial charge on any atom is -0.492 e. The van der Waals surface area contributed by atoms with E-state index < -0.39 is 29.5 Å². The van der Waals surface area contributed by atoms with Gasteiger partial charge in [0.05, 0.1) is 24.1 Å². The Kier molecular flexibility index (Phi) is 5.14. The van der Waals surface area contributed by atoms with E-state index in [-0.39, 0.29) is 5.75 Å². The number of ether oxygens (including phenoxy) is 1. The number of carboxylic acids is 1. The third kappa shape index (κ3) is 3.63. The molecule has 0 radical (unpaired) electrons. The minimum atomic E-state index is -0.992. The third-order valence-electron chi connectivity index (χ3n) is 3.59. The molecule has 2 N–H and O–H groups in total. The lowest BCUT2D eigenvalue weighted by molar-refractivity contribution is -0.146. The van der Waals surface area contributed by atoms with Gasteiger partial charge in [0.2, 0.25) is 5.91 Å². The topological polar surface area (TPSA) is 75.6 Å². The maximum atomic E-state index is 13.3. The number of halogens is 1. The number of amides is 1. The van der Waals surface area contributed by atoms with Crippen LogP contribution >= 0.6 is 0 Å². The second-order valence-corrected chi connectivity index (χ2v) is 5.06. The Labute approximate surface area is 127 Å². The quantitative estimate of drug-likeness (QED) is 0.820. The lowest BCUT2D eigenvalue weighted by atomic mass is 9.82. The summed E-state index contributed by atoms with van der Waals surface area (Å²) in [5.74, 6) is -3.03. The molecule has 0 saturated carbocycles. The smallest absolute Gasteiger partial charge is 0.307 e. The van der Waals surface area contributed by atoms with Gasteiger partial charge in [-0.25, -0.2) is 4.39 Å². The zero-order valence-corrected chi connectivity index (χ0v) is 12.2. The Morgan fingerprint density at radius 3 is 2.64 bits per heavy atom. The summed E-state index contributed by atoms with van der Waals surface area (Å²) in [7, 11) is 0. The highest BCUT2D eigenvalue weighted by atomic mass is 19.1. The number of rotatable bonds is 5. The number of aliphatic carboxylic acids is 1. The van der Waals surface area contributed by atoms with Crippen molar-refractivity contribution in [2.45, 2.75) is 19.8 Å². The first-order valence-corrected chi connectivity index (χ1v) is 7.14. The average Bonchev–Trinajstić information content (AvgIpc) is 2.50. The van der Waals surface area contributed by atoms with E-state index in [0.717, 1.165) is 0 Å². The van der Waals surface area contributed by atoms with E-state index in [9.17, 15) is 19.1 Å². The predicted molar refractivity (Wildman–Crippen MR) is 79.2 cm³/mol. The monoisotopic (exact) mass is 307 g/mol. The summed E-state index contributed by atoms with van der Waals surface area (Å²) in [5.41, 5.74) is 0.340. The summed E-state index contributed by atoms with van der Waals surface area (Å²) in [6.45, 7) is 2.08. The molecule has 22 heavy (non-hydrogen) atoms. The Balaban J connectivity index is 2.17. The van der Waals surface area contributed by atoms with E-state index in [0.29, 0.717) is 25.1 Å². The number of benzene rings is 1. The van der Waals surface area contributed by atoms with Gasteiger partial charge in [-0.15, -0.1) is 0 Å². The fraction of sp³-hybridized carbons (Fsp3) is 0.375. The van der Waals surface area contributed by atoms with Crippen LogP contribution in [0.1, 0.15) is 19.8 Å². The van der Waals surface area contributed by atoms with E-state index in [1.807, 2.05) is 0 Å². The standard InChI is InChI=1S/C16H18FNO4/c1-2-22-14-9-10(17)7-8-13(14)18-15(19)11-5-3-4-6-12(11)16(20)21/h3-4,7-9,11-12H,2,5-6H2,1H3,(H,18,19)(H,20,21)/t11-,12+/m1/s1. The molecule has 118 valence electrons. The minimum absolute atomic E-state index is 0.231. The lowest BCUT2D eigenvalue weighted by Crippen LogP contribution is -2.34. The fourth-order valence-corrected chi connectivity index (χ4v) is 2.48. The van der Waals surface area contributed by atoms with Gasteiger partial charge in [-0.2, -0.15) is 0 Å². The van der Waals surface area contributed by atoms with Crippen LogP contribution in [0.4, 0.5) is 10.1 Å². The Hall–Kier alpha value is -2.37. The number of hydrogen-bond acceptors (Lipinski definition) is 3. The van der Waals surface area contributed by atoms with Gasteiger partial charge in [-0.05, 0) is 31.9 Å². The molecule has 2 atom stereocenters. The predicted octanol–water partition coefficient (Wildman–Crippen LogP) is 2.83. The molecule has 0 spiro atoms. The number of carboxylic acid groups (broad SMARTS) is 1. The van der Waals surface area contributed by atoms with Gasteiger partial charge in [0.25, 0.3) is 0 Å². The highest BCUT2D eigenvalue weighted by Crippen LogP contribution is 2.30. The largest absolute Gasteiger partial charge is 0.492 e. The van der Waals surface area contributed by atoms with Crippen LogP contribution in [0.5, 0.6) is 5.75 Å². The van der Waals surface area contributed by atoms with Crippen LogP contribution in [0.25, 0.3) is 0 Å². The average molecular weight is 307 g/mol. The van der Waals surface area contributed by atoms with Crippen LogP contribution in [-0.4, -0.2) is 23.6 Å². The summed E-state index contributed by atoms with van der Waals surface area (Å²) in [5, 5.41) is 11.9. The van der Waals surface area contributed by atoms with Crippen molar-refractivity contribution in [2.75, 3.05) is 11.9 Å². The molecular weight excluding hydrogens is 289 g/mol. The van der Waals surface area contributed by atoms with Crippen molar-refractivity contribution in [1.29, 1.82) is 0 Å². The molecule has 0 unspecified atom stereocenters. The zero-order chi connectivity index (χ0) is 16.1. The van der Waals surface area contributed by atoms with Crippen molar-refractivity contribution in [3.05, 3.63) is 36.2 Å². The molecule has 5 nitrogen and oxygen atoms in total. The van der Waals surface area contributed by atoms with Gasteiger partial charge in [-0.3, -0.25) is 9.59 Å². The number of anilines is 1. The van der Waals surface area contributed by atoms with Crippen molar-refractivity contribution in [1.82, 2.24) is 0 Å². The van der Waals surface area contributed by atoms with Gasteiger partial charge in [0, 0.05) is 6.07 Å². The van der Waals surface area contributed by atoms with Gasteiger partial charge < -0.3 is 15.2 Å². The molecular formula is C16H18FNO4. The molecule has 0 saturated heterocycles. The van der Waals surface area contributed by atoms with Crippen LogP contribution in [0, 0.1) is 17.7 Å². The second kappa shape index (κ2) is 7.06. The van der Waals surface area contributed by atoms with Crippen LogP contribution in [-0.2, 0) is 9.59 Å². The van der Waals surface area contributed by atoms with E-state index in [1.54, 1.807) is 19.1 Å². The van der Waals surface area contributed by atoms with Crippen LogP contribution in [0.2, 0.25) is 0 Å². The Bertz CT molecular complexity index is 600. The SMILES string of the molecule is CCOc1cc(F)ccc1NC(=O)[C@@H]1CC=CC[C@@H]1C(=O)O. The second-order valence-electron chi connectivity index (χ2n) is 5.06. The number of hydrogen-bond donors (Lipinski definition) is 2. The van der Waals surface area contributed by atoms with Gasteiger partial charge in [0.1, 0.15) is 11.6 Å². The molecule has 0 heterocycles. The molecule has 1 aromatic rings. The van der Waals surface area contributed by atoms with E-state index >= 15 is 0 Å². The molecule has 0 aliphatic heterocycles. The van der Waals surface area contributed by atoms with Crippen molar-refractivity contribution in [3.8, 4) is 5.75 Å². The highest BCUT2D eigenvalue weighted by Gasteiger charge is 2.34. The number of carbonyl (C=O) groups excluding carboxylic acids is 1. The molecule has 0 aromatic heterocycles. The molecule has 6 heteroatoms. The van der Waals surface area contributed by atoms with Gasteiger partial charge in [-0.1, -0.05) is 12.2 Å². The number of nitrogens with one attached hydrogen (secondary N) is 1. The Morgan fingerprint density at radius 1 is 1.32 bits per heavy atom. The maximum absolute atomic E-state index is 13.3. The maximum Gasteiger partial charge on any atom is 0.307 e. The summed E-state index contributed by atoms with van der Waals surface area (Å²) in [4.78, 5) is 23.6. The first-order valence-electron chi connectivity index (χ1n) is 7.14. The fourth-order valence-electron chi connectivity index (χ4n) is 2.48. The normalized spacial score (nSPS) is 20.5. The lowest BCUT2D eigenvalue weighted by Gasteiger charge is -2.24. The first-order chi connectivity index (χ1) is 10.5. The van der Waals surface area contributed by atoms with E-state index in [1.165, 1.54) is 18.2 Å². The van der Waals surface area contributed by atoms with Crippen molar-refractivity contribution in [2.24, 2.45) is 11.8 Å². The first kappa shape index (κ1) is 16.0. The number of allylic oxidation sites excluding steroid dienone is 2. The summed E-state index contributed by atoms with van der Waals surface area (Å²) in [6, 6.07) is 3.81. The molecule has 1 aromatic carbocycles. The third-order valence-corrected chi connectivity index (χ3v) is 3.59. The molecule has 1 amide bonds. The van der Waals surface area contributed by atoms with Gasteiger partial charge in [0.15, 0.2) is 0 Å². The van der Waals surface area contributed by atoms with Crippen LogP contribution in [0.15, 0.2) is 30.4 Å². The number of carbonyl (C=O) groups is 2. The van der Waals surface area contributed by atoms with Crippen molar-refractivity contribution in [3.63, 3.8) is 0 Å².